The summed E-state index contributed by atoms with van der Waals surface area (Å²) in [5.41, 5.74) is 7.26. The molecular formula is C30H41ClN4O4. The predicted octanol–water partition coefficient (Wildman–Crippen LogP) is 7.28. The highest BCUT2D eigenvalue weighted by molar-refractivity contribution is 6.30. The van der Waals surface area contributed by atoms with Gasteiger partial charge in [0.1, 0.15) is 22.8 Å². The number of nitrogens with zero attached hydrogens (tertiary/aromatic N) is 2. The van der Waals surface area contributed by atoms with E-state index in [2.05, 4.69) is 28.4 Å². The molecule has 2 heterocycles. The number of nitrogen functional groups attached to an aromatic ring is 1. The van der Waals surface area contributed by atoms with Gasteiger partial charge in [-0.1, -0.05) is 58.5 Å². The van der Waals surface area contributed by atoms with Crippen LogP contribution in [0.25, 0.3) is 5.57 Å². The molecule has 0 radical (unpaired) electrons. The number of fused-ring (bicyclic) bond motifs is 1. The number of ether oxygens (including phenoxy) is 1. The molecule has 1 aliphatic heterocycles. The molecule has 0 fully saturated rings. The summed E-state index contributed by atoms with van der Waals surface area (Å²) in [6.07, 6.45) is 1.66. The first-order valence-corrected chi connectivity index (χ1v) is 13.3. The maximum atomic E-state index is 13.0. The van der Waals surface area contributed by atoms with Gasteiger partial charge in [-0.2, -0.15) is 0 Å². The molecule has 2 aromatic rings. The zero-order valence-corrected chi connectivity index (χ0v) is 25.2. The van der Waals surface area contributed by atoms with Crippen LogP contribution in [0.2, 0.25) is 5.02 Å². The van der Waals surface area contributed by atoms with Crippen LogP contribution in [0.4, 0.5) is 11.6 Å². The van der Waals surface area contributed by atoms with Crippen molar-refractivity contribution in [1.82, 2.24) is 9.97 Å². The number of allylic oxidation sites excluding steroid dienone is 1. The number of halogens is 1. The Morgan fingerprint density at radius 1 is 1.23 bits per heavy atom. The fourth-order valence-electron chi connectivity index (χ4n) is 4.00. The van der Waals surface area contributed by atoms with Gasteiger partial charge in [0.15, 0.2) is 5.82 Å². The van der Waals surface area contributed by atoms with Gasteiger partial charge in [-0.25, -0.2) is 9.97 Å². The number of aromatic nitrogens is 2. The van der Waals surface area contributed by atoms with Gasteiger partial charge < -0.3 is 20.9 Å². The maximum Gasteiger partial charge on any atom is 0.309 e. The number of carbonyl (C=O) groups is 2. The Morgan fingerprint density at radius 3 is 2.36 bits per heavy atom. The Hall–Kier alpha value is -3.65. The minimum Gasteiger partial charge on any atom is -0.481 e. The lowest BCUT2D eigenvalue weighted by atomic mass is 9.82. The summed E-state index contributed by atoms with van der Waals surface area (Å²) >= 11 is 6.06. The van der Waals surface area contributed by atoms with Gasteiger partial charge in [-0.15, -0.1) is 0 Å². The number of carboxylic acids is 1. The van der Waals surface area contributed by atoms with Gasteiger partial charge in [0, 0.05) is 10.6 Å². The molecule has 4 N–H and O–H groups in total. The Bertz CT molecular complexity index is 1300. The number of rotatable bonds is 8. The minimum absolute atomic E-state index is 0.0936. The molecule has 1 aromatic carbocycles. The molecule has 1 amide bonds. The number of aliphatic carboxylic acids is 1. The van der Waals surface area contributed by atoms with Crippen LogP contribution in [0.15, 0.2) is 49.0 Å². The normalized spacial score (nSPS) is 16.1. The molecule has 0 aliphatic carbocycles. The summed E-state index contributed by atoms with van der Waals surface area (Å²) in [6, 6.07) is 5.39. The summed E-state index contributed by atoms with van der Waals surface area (Å²) < 4.78 is 5.72. The van der Waals surface area contributed by atoms with Crippen molar-refractivity contribution >= 4 is 40.7 Å². The predicted molar refractivity (Wildman–Crippen MR) is 159 cm³/mol. The second-order valence-electron chi connectivity index (χ2n) is 9.54. The Labute approximate surface area is 237 Å². The van der Waals surface area contributed by atoms with E-state index in [1.54, 1.807) is 33.8 Å². The van der Waals surface area contributed by atoms with E-state index in [1.165, 1.54) is 6.26 Å². The average molecular weight is 557 g/mol. The molecule has 1 aliphatic rings. The first kappa shape index (κ1) is 33.4. The molecule has 0 saturated heterocycles. The fourth-order valence-corrected chi connectivity index (χ4v) is 4.23. The summed E-state index contributed by atoms with van der Waals surface area (Å²) in [5.74, 6) is -0.607. The molecule has 0 spiro atoms. The summed E-state index contributed by atoms with van der Waals surface area (Å²) in [6.45, 7) is 24.6. The summed E-state index contributed by atoms with van der Waals surface area (Å²) in [7, 11) is 0. The van der Waals surface area contributed by atoms with Crippen LogP contribution in [-0.4, -0.2) is 27.0 Å². The number of nitrogens with one attached hydrogen (secondary N) is 1. The van der Waals surface area contributed by atoms with Crippen molar-refractivity contribution in [3.8, 4) is 0 Å². The smallest absolute Gasteiger partial charge is 0.309 e. The topological polar surface area (TPSA) is 127 Å². The molecule has 39 heavy (non-hydrogen) atoms. The number of carboxylic acid groups (broad SMARTS) is 1. The van der Waals surface area contributed by atoms with Crippen molar-refractivity contribution in [3.05, 3.63) is 76.5 Å². The Morgan fingerprint density at radius 2 is 1.82 bits per heavy atom. The lowest BCUT2D eigenvalue weighted by Crippen LogP contribution is -2.34. The van der Waals surface area contributed by atoms with Gasteiger partial charge in [0.05, 0.1) is 17.2 Å². The standard InChI is InChI=1S/C26H29ClN4O4.2C2H6/c1-13(11-25(5,6)24(33)34)12-35-16(4)26(7)19-20(28)29-21(30-22(19)31-23(26)32)15(3)18-9-8-17(27)10-14(18)2;2*1-2/h8-10,12H,3-4,11H2,1-2,5-7H3,(H,33,34)(H3,28,29,30,31,32);2*1-2H3/b13-12+;;. The molecular weight excluding hydrogens is 516 g/mol. The number of carbonyl (C=O) groups excluding carboxylic acids is 1. The highest BCUT2D eigenvalue weighted by Gasteiger charge is 2.49. The van der Waals surface area contributed by atoms with Gasteiger partial charge in [0.2, 0.25) is 5.91 Å². The van der Waals surface area contributed by atoms with Gasteiger partial charge in [-0.05, 0) is 69.9 Å². The van der Waals surface area contributed by atoms with Gasteiger partial charge in [0.25, 0.3) is 0 Å². The number of amides is 1. The van der Waals surface area contributed by atoms with E-state index in [0.717, 1.165) is 11.1 Å². The second-order valence-corrected chi connectivity index (χ2v) is 9.98. The number of aryl methyl sites for hydroxylation is 1. The number of benzene rings is 1. The molecule has 0 bridgehead atoms. The van der Waals surface area contributed by atoms with Crippen molar-refractivity contribution in [2.45, 2.75) is 74.1 Å². The SMILES string of the molecule is C=C(c1nc(N)c2c(n1)NC(=O)C2(C)C(=C)O/C=C(\C)CC(C)(C)C(=O)O)c1ccc(Cl)cc1C.CC.CC. The van der Waals surface area contributed by atoms with Gasteiger partial charge >= 0.3 is 5.97 Å². The maximum absolute atomic E-state index is 13.0. The molecule has 1 atom stereocenters. The largest absolute Gasteiger partial charge is 0.481 e. The lowest BCUT2D eigenvalue weighted by Gasteiger charge is -2.25. The monoisotopic (exact) mass is 556 g/mol. The number of anilines is 2. The van der Waals surface area contributed by atoms with Crippen molar-refractivity contribution in [1.29, 1.82) is 0 Å². The molecule has 3 rings (SSSR count). The molecule has 0 saturated carbocycles. The van der Waals surface area contributed by atoms with Crippen LogP contribution < -0.4 is 11.1 Å². The highest BCUT2D eigenvalue weighted by atomic mass is 35.5. The van der Waals surface area contributed by atoms with Crippen LogP contribution in [0.5, 0.6) is 0 Å². The number of hydrogen-bond donors (Lipinski definition) is 3. The van der Waals surface area contributed by atoms with E-state index in [0.29, 0.717) is 21.7 Å². The van der Waals surface area contributed by atoms with Crippen LogP contribution in [-0.2, 0) is 19.7 Å². The van der Waals surface area contributed by atoms with Crippen LogP contribution in [0.3, 0.4) is 0 Å². The van der Waals surface area contributed by atoms with E-state index in [4.69, 9.17) is 22.1 Å². The number of hydrogen-bond acceptors (Lipinski definition) is 6. The zero-order chi connectivity index (χ0) is 30.3. The van der Waals surface area contributed by atoms with E-state index in [-0.39, 0.29) is 29.6 Å². The third kappa shape index (κ3) is 7.06. The highest BCUT2D eigenvalue weighted by Crippen LogP contribution is 2.45. The number of nitrogens with two attached hydrogens (primary N) is 1. The molecule has 1 unspecified atom stereocenters. The average Bonchev–Trinajstić information content (AvgIpc) is 3.15. The molecule has 9 heteroatoms. The summed E-state index contributed by atoms with van der Waals surface area (Å²) in [4.78, 5) is 33.4. The Kier molecular flexibility index (Phi) is 11.5. The molecule has 8 nitrogen and oxygen atoms in total. The summed E-state index contributed by atoms with van der Waals surface area (Å²) in [5, 5.41) is 12.7. The van der Waals surface area contributed by atoms with E-state index >= 15 is 0 Å². The van der Waals surface area contributed by atoms with E-state index in [9.17, 15) is 14.7 Å². The van der Waals surface area contributed by atoms with Crippen molar-refractivity contribution in [2.24, 2.45) is 5.41 Å². The van der Waals surface area contributed by atoms with Crippen molar-refractivity contribution in [2.75, 3.05) is 11.1 Å². The first-order valence-electron chi connectivity index (χ1n) is 12.9. The molecule has 1 aromatic heterocycles. The second kappa shape index (κ2) is 13.4. The minimum atomic E-state index is -1.35. The van der Waals surface area contributed by atoms with E-state index in [1.807, 2.05) is 46.8 Å². The molecule has 212 valence electrons. The quantitative estimate of drug-likeness (QED) is 0.291. The first-order chi connectivity index (χ1) is 18.2. The lowest BCUT2D eigenvalue weighted by molar-refractivity contribution is -0.146. The van der Waals surface area contributed by atoms with Gasteiger partial charge in [-0.3, -0.25) is 9.59 Å². The third-order valence-electron chi connectivity index (χ3n) is 6.17. The van der Waals surface area contributed by atoms with Crippen LogP contribution in [0.1, 0.15) is 84.3 Å². The fraction of sp³-hybridized carbons (Fsp3) is 0.400. The zero-order valence-electron chi connectivity index (χ0n) is 24.5. The van der Waals surface area contributed by atoms with Crippen LogP contribution in [0, 0.1) is 12.3 Å². The van der Waals surface area contributed by atoms with Crippen molar-refractivity contribution in [3.63, 3.8) is 0 Å². The van der Waals surface area contributed by atoms with E-state index < -0.39 is 22.7 Å². The van der Waals surface area contributed by atoms with Crippen molar-refractivity contribution < 1.29 is 19.4 Å². The van der Waals surface area contributed by atoms with Crippen LogP contribution >= 0.6 is 11.6 Å². The Balaban J connectivity index is 0.00000181. The third-order valence-corrected chi connectivity index (χ3v) is 6.40.